The zero-order valence-corrected chi connectivity index (χ0v) is 9.71. The van der Waals surface area contributed by atoms with Crippen LogP contribution in [0.3, 0.4) is 0 Å². The molecule has 0 aromatic heterocycles. The van der Waals surface area contributed by atoms with E-state index in [1.807, 2.05) is 0 Å². The Morgan fingerprint density at radius 1 is 1.19 bits per heavy atom. The maximum absolute atomic E-state index is 5.56. The van der Waals surface area contributed by atoms with Gasteiger partial charge in [0.05, 0.1) is 0 Å². The predicted molar refractivity (Wildman–Crippen MR) is 68.4 cm³/mol. The van der Waals surface area contributed by atoms with E-state index in [0.717, 1.165) is 12.5 Å². The van der Waals surface area contributed by atoms with Crippen molar-refractivity contribution in [2.45, 2.75) is 19.4 Å². The molecule has 4 N–H and O–H groups in total. The van der Waals surface area contributed by atoms with Crippen molar-refractivity contribution in [2.75, 3.05) is 25.0 Å². The Morgan fingerprint density at radius 3 is 2.50 bits per heavy atom. The number of benzene rings is 1. The molecule has 1 aliphatic rings. The van der Waals surface area contributed by atoms with Crippen LogP contribution in [0, 0.1) is 5.92 Å². The summed E-state index contributed by atoms with van der Waals surface area (Å²) in [4.78, 5) is 0. The topological polar surface area (TPSA) is 50.1 Å². The maximum Gasteiger partial charge on any atom is 0.0340 e. The van der Waals surface area contributed by atoms with Gasteiger partial charge in [-0.25, -0.2) is 0 Å². The van der Waals surface area contributed by atoms with Gasteiger partial charge in [0.15, 0.2) is 0 Å². The molecule has 0 aliphatic carbocycles. The molecule has 1 heterocycles. The summed E-state index contributed by atoms with van der Waals surface area (Å²) in [5.41, 5.74) is 7.96. The minimum Gasteiger partial charge on any atom is -0.385 e. The first-order valence-electron chi connectivity index (χ1n) is 6.12. The monoisotopic (exact) mass is 219 g/mol. The molecule has 0 unspecified atom stereocenters. The number of anilines is 1. The third-order valence-corrected chi connectivity index (χ3v) is 3.24. The lowest BCUT2D eigenvalue weighted by Gasteiger charge is -2.23. The maximum atomic E-state index is 5.56. The zero-order chi connectivity index (χ0) is 11.2. The number of rotatable bonds is 4. The van der Waals surface area contributed by atoms with E-state index in [1.54, 1.807) is 0 Å². The molecule has 0 bridgehead atoms. The summed E-state index contributed by atoms with van der Waals surface area (Å²) in [5, 5.41) is 6.88. The molecule has 0 amide bonds. The van der Waals surface area contributed by atoms with Crippen LogP contribution in [0.4, 0.5) is 5.69 Å². The van der Waals surface area contributed by atoms with Gasteiger partial charge in [-0.15, -0.1) is 0 Å². The lowest BCUT2D eigenvalue weighted by molar-refractivity contribution is 0.390. The van der Waals surface area contributed by atoms with Gasteiger partial charge in [0, 0.05) is 18.8 Å². The van der Waals surface area contributed by atoms with Crippen molar-refractivity contribution in [1.29, 1.82) is 0 Å². The van der Waals surface area contributed by atoms with Gasteiger partial charge in [0.2, 0.25) is 0 Å². The van der Waals surface area contributed by atoms with Crippen molar-refractivity contribution in [3.63, 3.8) is 0 Å². The molecule has 0 saturated carbocycles. The van der Waals surface area contributed by atoms with Crippen LogP contribution in [0.1, 0.15) is 18.4 Å². The van der Waals surface area contributed by atoms with Crippen LogP contribution in [0.15, 0.2) is 24.3 Å². The molecule has 1 aliphatic heterocycles. The molecule has 1 aromatic carbocycles. The summed E-state index contributed by atoms with van der Waals surface area (Å²) in [5.74, 6) is 0.815. The number of hydrogen-bond acceptors (Lipinski definition) is 3. The molecule has 3 nitrogen and oxygen atoms in total. The Balaban J connectivity index is 1.79. The summed E-state index contributed by atoms with van der Waals surface area (Å²) in [6, 6.07) is 8.40. The quantitative estimate of drug-likeness (QED) is 0.720. The highest BCUT2D eigenvalue weighted by molar-refractivity contribution is 5.44. The van der Waals surface area contributed by atoms with Crippen LogP contribution in [-0.2, 0) is 6.54 Å². The number of nitrogens with two attached hydrogens (primary N) is 1. The third-order valence-electron chi connectivity index (χ3n) is 3.24. The lowest BCUT2D eigenvalue weighted by atomic mass is 9.98. The molecule has 2 rings (SSSR count). The fourth-order valence-corrected chi connectivity index (χ4v) is 2.11. The molecular weight excluding hydrogens is 198 g/mol. The second-order valence-electron chi connectivity index (χ2n) is 4.48. The largest absolute Gasteiger partial charge is 0.385 e. The van der Waals surface area contributed by atoms with Gasteiger partial charge in [0.25, 0.3) is 0 Å². The highest BCUT2D eigenvalue weighted by Crippen LogP contribution is 2.14. The Kier molecular flexibility index (Phi) is 4.19. The molecule has 88 valence electrons. The van der Waals surface area contributed by atoms with Crippen molar-refractivity contribution >= 4 is 5.69 Å². The second-order valence-corrected chi connectivity index (χ2v) is 4.48. The Morgan fingerprint density at radius 2 is 1.88 bits per heavy atom. The van der Waals surface area contributed by atoms with Gasteiger partial charge in [-0.1, -0.05) is 12.1 Å². The van der Waals surface area contributed by atoms with Crippen molar-refractivity contribution in [3.05, 3.63) is 29.8 Å². The minimum atomic E-state index is 0.620. The SMILES string of the molecule is NCc1ccc(NCC2CCNCC2)cc1. The van der Waals surface area contributed by atoms with Crippen LogP contribution in [-0.4, -0.2) is 19.6 Å². The first-order valence-corrected chi connectivity index (χ1v) is 6.12. The first kappa shape index (κ1) is 11.4. The molecule has 1 fully saturated rings. The van der Waals surface area contributed by atoms with Crippen molar-refractivity contribution in [3.8, 4) is 0 Å². The van der Waals surface area contributed by atoms with Crippen LogP contribution in [0.25, 0.3) is 0 Å². The fourth-order valence-electron chi connectivity index (χ4n) is 2.11. The lowest BCUT2D eigenvalue weighted by Crippen LogP contribution is -2.31. The normalized spacial score (nSPS) is 17.3. The minimum absolute atomic E-state index is 0.620. The van der Waals surface area contributed by atoms with E-state index in [9.17, 15) is 0 Å². The summed E-state index contributed by atoms with van der Waals surface area (Å²) in [6.07, 6.45) is 2.57. The van der Waals surface area contributed by atoms with E-state index in [4.69, 9.17) is 5.73 Å². The second kappa shape index (κ2) is 5.87. The van der Waals surface area contributed by atoms with Gasteiger partial charge in [-0.2, -0.15) is 0 Å². The van der Waals surface area contributed by atoms with E-state index in [1.165, 1.54) is 37.2 Å². The summed E-state index contributed by atoms with van der Waals surface area (Å²) in [7, 11) is 0. The van der Waals surface area contributed by atoms with Crippen molar-refractivity contribution in [2.24, 2.45) is 11.7 Å². The molecule has 0 atom stereocenters. The smallest absolute Gasteiger partial charge is 0.0340 e. The molecule has 1 saturated heterocycles. The third kappa shape index (κ3) is 3.22. The van der Waals surface area contributed by atoms with E-state index < -0.39 is 0 Å². The van der Waals surface area contributed by atoms with E-state index >= 15 is 0 Å². The van der Waals surface area contributed by atoms with Gasteiger partial charge in [-0.3, -0.25) is 0 Å². The van der Waals surface area contributed by atoms with E-state index in [2.05, 4.69) is 34.9 Å². The van der Waals surface area contributed by atoms with Crippen molar-refractivity contribution in [1.82, 2.24) is 5.32 Å². The fraction of sp³-hybridized carbons (Fsp3) is 0.538. The van der Waals surface area contributed by atoms with Crippen LogP contribution in [0.2, 0.25) is 0 Å². The molecule has 0 spiro atoms. The standard InChI is InChI=1S/C13H21N3/c14-9-11-1-3-13(4-2-11)16-10-12-5-7-15-8-6-12/h1-4,12,15-16H,5-10,14H2. The summed E-state index contributed by atoms with van der Waals surface area (Å²) < 4.78 is 0. The van der Waals surface area contributed by atoms with Crippen LogP contribution < -0.4 is 16.4 Å². The van der Waals surface area contributed by atoms with Gasteiger partial charge >= 0.3 is 0 Å². The first-order chi connectivity index (χ1) is 7.88. The number of piperidine rings is 1. The molecule has 1 aromatic rings. The van der Waals surface area contributed by atoms with Gasteiger partial charge in [-0.05, 0) is 49.5 Å². The van der Waals surface area contributed by atoms with E-state index in [-0.39, 0.29) is 0 Å². The molecule has 3 heteroatoms. The molecule has 0 radical (unpaired) electrons. The number of nitrogens with one attached hydrogen (secondary N) is 2. The predicted octanol–water partition coefficient (Wildman–Crippen LogP) is 1.56. The Labute approximate surface area is 97.4 Å². The highest BCUT2D eigenvalue weighted by atomic mass is 14.9. The van der Waals surface area contributed by atoms with Crippen LogP contribution >= 0.6 is 0 Å². The Hall–Kier alpha value is -1.06. The zero-order valence-electron chi connectivity index (χ0n) is 9.71. The Bertz CT molecular complexity index is 301. The van der Waals surface area contributed by atoms with Crippen LogP contribution in [0.5, 0.6) is 0 Å². The van der Waals surface area contributed by atoms with E-state index in [0.29, 0.717) is 6.54 Å². The highest BCUT2D eigenvalue weighted by Gasteiger charge is 2.11. The van der Waals surface area contributed by atoms with Gasteiger partial charge < -0.3 is 16.4 Å². The van der Waals surface area contributed by atoms with Gasteiger partial charge in [0.1, 0.15) is 0 Å². The van der Waals surface area contributed by atoms with Crippen molar-refractivity contribution < 1.29 is 0 Å². The molecule has 16 heavy (non-hydrogen) atoms. The average Bonchev–Trinajstić information content (AvgIpc) is 2.38. The number of hydrogen-bond donors (Lipinski definition) is 3. The summed E-state index contributed by atoms with van der Waals surface area (Å²) >= 11 is 0. The average molecular weight is 219 g/mol. The summed E-state index contributed by atoms with van der Waals surface area (Å²) in [6.45, 7) is 4.04. The molecular formula is C13H21N3.